The fourth-order valence-electron chi connectivity index (χ4n) is 3.57. The Bertz CT molecular complexity index is 1380. The van der Waals surface area contributed by atoms with Crippen molar-refractivity contribution in [3.8, 4) is 5.75 Å². The van der Waals surface area contributed by atoms with Crippen molar-refractivity contribution < 1.29 is 9.90 Å². The van der Waals surface area contributed by atoms with Gasteiger partial charge in [0.25, 0.3) is 5.91 Å². The van der Waals surface area contributed by atoms with Gasteiger partial charge in [0, 0.05) is 16.1 Å². The van der Waals surface area contributed by atoms with E-state index in [0.29, 0.717) is 21.8 Å². The molecule has 4 aromatic carbocycles. The maximum atomic E-state index is 13.1. The Balaban J connectivity index is 1.78. The van der Waals surface area contributed by atoms with Gasteiger partial charge in [-0.15, -0.1) is 5.11 Å². The summed E-state index contributed by atoms with van der Waals surface area (Å²) < 4.78 is 0. The maximum Gasteiger partial charge on any atom is 0.259 e. The van der Waals surface area contributed by atoms with E-state index in [4.69, 9.17) is 11.6 Å². The zero-order chi connectivity index (χ0) is 22.8. The van der Waals surface area contributed by atoms with Gasteiger partial charge in [0.1, 0.15) is 5.69 Å². The van der Waals surface area contributed by atoms with Gasteiger partial charge < -0.3 is 10.4 Å². The lowest BCUT2D eigenvalue weighted by Gasteiger charge is -2.13. The molecule has 160 valence electrons. The molecular formula is C26H22ClN3O2. The number of aromatic hydroxyl groups is 1. The fourth-order valence-corrected chi connectivity index (χ4v) is 3.80. The first kappa shape index (κ1) is 21.5. The zero-order valence-electron chi connectivity index (χ0n) is 18.0. The molecule has 5 nitrogen and oxygen atoms in total. The lowest BCUT2D eigenvalue weighted by Crippen LogP contribution is -2.13. The molecule has 1 amide bonds. The van der Waals surface area contributed by atoms with Gasteiger partial charge >= 0.3 is 0 Å². The standard InChI is InChI=1S/C26H22ClN3O2/c1-15-8-10-22(16(2)12-15)28-26(32)21-14-18-6-4-5-7-20(18)24(25(21)31)30-29-23-11-9-19(27)13-17(23)3/h4-14,31H,1-3H3,(H,28,32). The summed E-state index contributed by atoms with van der Waals surface area (Å²) in [5.41, 5.74) is 4.59. The summed E-state index contributed by atoms with van der Waals surface area (Å²) in [6.07, 6.45) is 0. The second-order valence-electron chi connectivity index (χ2n) is 7.75. The number of phenols is 1. The molecule has 32 heavy (non-hydrogen) atoms. The molecule has 4 aromatic rings. The smallest absolute Gasteiger partial charge is 0.259 e. The molecule has 0 bridgehead atoms. The molecule has 0 radical (unpaired) electrons. The fraction of sp³-hybridized carbons (Fsp3) is 0.115. The van der Waals surface area contributed by atoms with Crippen LogP contribution in [-0.4, -0.2) is 11.0 Å². The highest BCUT2D eigenvalue weighted by atomic mass is 35.5. The summed E-state index contributed by atoms with van der Waals surface area (Å²) in [6.45, 7) is 5.80. The molecule has 0 aliphatic heterocycles. The second kappa shape index (κ2) is 8.81. The number of azo groups is 1. The number of hydrogen-bond acceptors (Lipinski definition) is 4. The third-order valence-electron chi connectivity index (χ3n) is 5.29. The normalized spacial score (nSPS) is 11.2. The SMILES string of the molecule is Cc1ccc(NC(=O)c2cc3ccccc3c(N=Nc3ccc(Cl)cc3C)c2O)c(C)c1. The molecule has 0 saturated carbocycles. The zero-order valence-corrected chi connectivity index (χ0v) is 18.7. The average molecular weight is 444 g/mol. The highest BCUT2D eigenvalue weighted by Crippen LogP contribution is 2.40. The van der Waals surface area contributed by atoms with E-state index in [1.807, 2.05) is 63.2 Å². The number of fused-ring (bicyclic) bond motifs is 1. The van der Waals surface area contributed by atoms with E-state index in [1.165, 1.54) is 0 Å². The van der Waals surface area contributed by atoms with Crippen molar-refractivity contribution in [2.75, 3.05) is 5.32 Å². The lowest BCUT2D eigenvalue weighted by molar-refractivity contribution is 0.102. The van der Waals surface area contributed by atoms with Gasteiger partial charge in [0.2, 0.25) is 0 Å². The molecule has 0 fully saturated rings. The molecular weight excluding hydrogens is 422 g/mol. The first-order valence-electron chi connectivity index (χ1n) is 10.1. The monoisotopic (exact) mass is 443 g/mol. The van der Waals surface area contributed by atoms with Crippen LogP contribution in [0.1, 0.15) is 27.0 Å². The maximum absolute atomic E-state index is 13.1. The number of amides is 1. The van der Waals surface area contributed by atoms with Crippen molar-refractivity contribution in [2.45, 2.75) is 20.8 Å². The van der Waals surface area contributed by atoms with Crippen LogP contribution in [0.25, 0.3) is 10.8 Å². The molecule has 0 atom stereocenters. The Morgan fingerprint density at radius 2 is 1.69 bits per heavy atom. The van der Waals surface area contributed by atoms with Gasteiger partial charge in [0.05, 0.1) is 11.3 Å². The van der Waals surface area contributed by atoms with Crippen LogP contribution < -0.4 is 5.32 Å². The number of rotatable bonds is 4. The minimum absolute atomic E-state index is 0.130. The molecule has 4 rings (SSSR count). The van der Waals surface area contributed by atoms with E-state index in [1.54, 1.807) is 24.3 Å². The molecule has 2 N–H and O–H groups in total. The van der Waals surface area contributed by atoms with Crippen molar-refractivity contribution in [3.63, 3.8) is 0 Å². The van der Waals surface area contributed by atoms with Crippen molar-refractivity contribution in [3.05, 3.63) is 94.0 Å². The Morgan fingerprint density at radius 3 is 2.44 bits per heavy atom. The number of anilines is 1. The number of hydrogen-bond donors (Lipinski definition) is 2. The van der Waals surface area contributed by atoms with Gasteiger partial charge in [-0.05, 0) is 67.6 Å². The van der Waals surface area contributed by atoms with Gasteiger partial charge in [-0.2, -0.15) is 5.11 Å². The predicted molar refractivity (Wildman–Crippen MR) is 130 cm³/mol. The van der Waals surface area contributed by atoms with Crippen molar-refractivity contribution in [1.29, 1.82) is 0 Å². The van der Waals surface area contributed by atoms with Crippen LogP contribution in [0.3, 0.4) is 0 Å². The van der Waals surface area contributed by atoms with Crippen molar-refractivity contribution in [1.82, 2.24) is 0 Å². The molecule has 0 saturated heterocycles. The minimum Gasteiger partial charge on any atom is -0.505 e. The van der Waals surface area contributed by atoms with Crippen LogP contribution >= 0.6 is 11.6 Å². The van der Waals surface area contributed by atoms with Crippen LogP contribution in [0.2, 0.25) is 5.02 Å². The Hall–Kier alpha value is -3.70. The van der Waals surface area contributed by atoms with Gasteiger partial charge in [0.15, 0.2) is 5.75 Å². The number of carbonyl (C=O) groups is 1. The Morgan fingerprint density at radius 1 is 0.906 bits per heavy atom. The molecule has 0 heterocycles. The van der Waals surface area contributed by atoms with Crippen LogP contribution in [0.4, 0.5) is 17.1 Å². The third kappa shape index (κ3) is 4.34. The quantitative estimate of drug-likeness (QED) is 0.316. The van der Waals surface area contributed by atoms with Gasteiger partial charge in [-0.25, -0.2) is 0 Å². The number of benzene rings is 4. The Labute approximate surface area is 191 Å². The largest absolute Gasteiger partial charge is 0.505 e. The summed E-state index contributed by atoms with van der Waals surface area (Å²) in [7, 11) is 0. The van der Waals surface area contributed by atoms with Crippen molar-refractivity contribution in [2.24, 2.45) is 10.2 Å². The van der Waals surface area contributed by atoms with Crippen LogP contribution in [0.5, 0.6) is 5.75 Å². The molecule has 0 aliphatic carbocycles. The average Bonchev–Trinajstić information content (AvgIpc) is 2.75. The van der Waals surface area contributed by atoms with E-state index in [0.717, 1.165) is 22.1 Å². The van der Waals surface area contributed by atoms with E-state index < -0.39 is 5.91 Å². The summed E-state index contributed by atoms with van der Waals surface area (Å²) in [6, 6.07) is 20.1. The van der Waals surface area contributed by atoms with Crippen LogP contribution in [0, 0.1) is 20.8 Å². The molecule has 6 heteroatoms. The number of aryl methyl sites for hydroxylation is 3. The number of halogens is 1. The third-order valence-corrected chi connectivity index (χ3v) is 5.52. The second-order valence-corrected chi connectivity index (χ2v) is 8.18. The summed E-state index contributed by atoms with van der Waals surface area (Å²) >= 11 is 6.02. The van der Waals surface area contributed by atoms with Crippen LogP contribution in [0.15, 0.2) is 77.0 Å². The predicted octanol–water partition coefficient (Wildman–Crippen LogP) is 7.79. The Kier molecular flexibility index (Phi) is 5.93. The molecule has 0 unspecified atom stereocenters. The molecule has 0 aliphatic rings. The number of nitrogens with zero attached hydrogens (tertiary/aromatic N) is 2. The summed E-state index contributed by atoms with van der Waals surface area (Å²) in [4.78, 5) is 13.1. The highest BCUT2D eigenvalue weighted by molar-refractivity contribution is 6.30. The first-order valence-corrected chi connectivity index (χ1v) is 10.5. The van der Waals surface area contributed by atoms with Gasteiger partial charge in [-0.1, -0.05) is 53.6 Å². The van der Waals surface area contributed by atoms with Crippen molar-refractivity contribution >= 4 is 45.3 Å². The topological polar surface area (TPSA) is 74.0 Å². The summed E-state index contributed by atoms with van der Waals surface area (Å²) in [5.74, 6) is -0.638. The summed E-state index contributed by atoms with van der Waals surface area (Å²) in [5, 5.41) is 24.6. The first-order chi connectivity index (χ1) is 15.3. The molecule has 0 spiro atoms. The number of carbonyl (C=O) groups excluding carboxylic acids is 1. The van der Waals surface area contributed by atoms with E-state index in [9.17, 15) is 9.90 Å². The number of phenolic OH excluding ortho intramolecular Hbond substituents is 1. The van der Waals surface area contributed by atoms with E-state index in [-0.39, 0.29) is 17.0 Å². The number of nitrogens with one attached hydrogen (secondary N) is 1. The lowest BCUT2D eigenvalue weighted by atomic mass is 10.0. The molecule has 0 aromatic heterocycles. The minimum atomic E-state index is -0.417. The van der Waals surface area contributed by atoms with E-state index >= 15 is 0 Å². The van der Waals surface area contributed by atoms with Crippen LogP contribution in [-0.2, 0) is 0 Å². The van der Waals surface area contributed by atoms with E-state index in [2.05, 4.69) is 15.5 Å². The van der Waals surface area contributed by atoms with Gasteiger partial charge in [-0.3, -0.25) is 4.79 Å². The highest BCUT2D eigenvalue weighted by Gasteiger charge is 2.19.